The lowest BCUT2D eigenvalue weighted by Crippen LogP contribution is -2.25. The van der Waals surface area contributed by atoms with Crippen LogP contribution in [0.2, 0.25) is 10.0 Å². The van der Waals surface area contributed by atoms with Gasteiger partial charge >= 0.3 is 0 Å². The summed E-state index contributed by atoms with van der Waals surface area (Å²) in [5.41, 5.74) is 0.912. The van der Waals surface area contributed by atoms with Crippen LogP contribution in [0.25, 0.3) is 5.65 Å². The first-order valence-corrected chi connectivity index (χ1v) is 11.4. The van der Waals surface area contributed by atoms with Crippen molar-refractivity contribution >= 4 is 46.6 Å². The summed E-state index contributed by atoms with van der Waals surface area (Å²) in [6, 6.07) is 5.68. The molecule has 28 heavy (non-hydrogen) atoms. The van der Waals surface area contributed by atoms with E-state index >= 15 is 0 Å². The Morgan fingerprint density at radius 2 is 1.89 bits per heavy atom. The number of nitrogens with zero attached hydrogens (tertiary/aromatic N) is 4. The highest BCUT2D eigenvalue weighted by Crippen LogP contribution is 2.44. The van der Waals surface area contributed by atoms with E-state index < -0.39 is 0 Å². The normalized spacial score (nSPS) is 24.2. The van der Waals surface area contributed by atoms with Gasteiger partial charge in [-0.15, -0.1) is 0 Å². The molecule has 5 rings (SSSR count). The minimum absolute atomic E-state index is 0.560. The average molecular weight is 433 g/mol. The molecule has 0 N–H and O–H groups in total. The first kappa shape index (κ1) is 18.6. The number of aromatic nitrogens is 3. The smallest absolute Gasteiger partial charge is 0.211 e. The summed E-state index contributed by atoms with van der Waals surface area (Å²) in [7, 11) is 0. The van der Waals surface area contributed by atoms with Gasteiger partial charge in [0.25, 0.3) is 0 Å². The van der Waals surface area contributed by atoms with Gasteiger partial charge < -0.3 is 4.90 Å². The maximum atomic E-state index is 6.37. The van der Waals surface area contributed by atoms with Gasteiger partial charge in [-0.2, -0.15) is 0 Å². The van der Waals surface area contributed by atoms with Gasteiger partial charge in [0.1, 0.15) is 0 Å². The first-order chi connectivity index (χ1) is 13.6. The van der Waals surface area contributed by atoms with E-state index in [4.69, 9.17) is 28.2 Å². The van der Waals surface area contributed by atoms with Crippen molar-refractivity contribution in [3.8, 4) is 0 Å². The summed E-state index contributed by atoms with van der Waals surface area (Å²) in [6.45, 7) is 4.53. The molecule has 146 valence electrons. The number of hydrogen-bond acceptors (Lipinski definition) is 4. The third-order valence-electron chi connectivity index (χ3n) is 6.22. The molecular weight excluding hydrogens is 411 g/mol. The zero-order chi connectivity index (χ0) is 19.3. The molecule has 2 aromatic heterocycles. The van der Waals surface area contributed by atoms with Crippen molar-refractivity contribution in [2.45, 2.75) is 36.0 Å². The number of hydrogen-bond donors (Lipinski definition) is 0. The highest BCUT2D eigenvalue weighted by molar-refractivity contribution is 7.99. The SMILES string of the molecule is CCC1CC2CN(c3ncc(Sc4cccc(Cl)c4Cl)c4nccn34)CC2C1. The number of anilines is 1. The van der Waals surface area contributed by atoms with E-state index in [2.05, 4.69) is 21.2 Å². The maximum Gasteiger partial charge on any atom is 0.211 e. The summed E-state index contributed by atoms with van der Waals surface area (Å²) in [4.78, 5) is 13.8. The van der Waals surface area contributed by atoms with Gasteiger partial charge in [0.15, 0.2) is 5.65 Å². The van der Waals surface area contributed by atoms with Gasteiger partial charge in [0.05, 0.1) is 14.9 Å². The van der Waals surface area contributed by atoms with Gasteiger partial charge in [0.2, 0.25) is 5.95 Å². The molecule has 1 saturated carbocycles. The van der Waals surface area contributed by atoms with Crippen molar-refractivity contribution in [3.63, 3.8) is 0 Å². The van der Waals surface area contributed by atoms with Crippen LogP contribution in [-0.2, 0) is 0 Å². The number of fused-ring (bicyclic) bond motifs is 2. The zero-order valence-corrected chi connectivity index (χ0v) is 18.0. The Morgan fingerprint density at radius 1 is 1.11 bits per heavy atom. The van der Waals surface area contributed by atoms with Crippen molar-refractivity contribution in [1.82, 2.24) is 14.4 Å². The zero-order valence-electron chi connectivity index (χ0n) is 15.7. The fourth-order valence-corrected chi connectivity index (χ4v) is 6.20. The van der Waals surface area contributed by atoms with Gasteiger partial charge in [-0.25, -0.2) is 9.97 Å². The Balaban J connectivity index is 1.44. The predicted octanol–water partition coefficient (Wildman–Crippen LogP) is 6.06. The predicted molar refractivity (Wildman–Crippen MR) is 116 cm³/mol. The van der Waals surface area contributed by atoms with Crippen molar-refractivity contribution in [2.24, 2.45) is 17.8 Å². The fourth-order valence-electron chi connectivity index (χ4n) is 4.79. The Morgan fingerprint density at radius 3 is 2.64 bits per heavy atom. The van der Waals surface area contributed by atoms with Crippen LogP contribution in [0.4, 0.5) is 5.95 Å². The molecule has 2 unspecified atom stereocenters. The van der Waals surface area contributed by atoms with Crippen LogP contribution in [0.1, 0.15) is 26.2 Å². The molecule has 1 aliphatic carbocycles. The molecule has 1 aromatic carbocycles. The second kappa shape index (κ2) is 7.43. The lowest BCUT2D eigenvalue weighted by Gasteiger charge is -2.21. The number of imidazole rings is 1. The van der Waals surface area contributed by atoms with Crippen LogP contribution in [-0.4, -0.2) is 27.5 Å². The molecule has 0 spiro atoms. The number of benzene rings is 1. The molecule has 0 amide bonds. The van der Waals surface area contributed by atoms with Gasteiger partial charge in [0, 0.05) is 36.6 Å². The van der Waals surface area contributed by atoms with Gasteiger partial charge in [-0.3, -0.25) is 4.40 Å². The lowest BCUT2D eigenvalue weighted by atomic mass is 10.0. The summed E-state index contributed by atoms with van der Waals surface area (Å²) in [5.74, 6) is 3.53. The molecule has 2 atom stereocenters. The van der Waals surface area contributed by atoms with E-state index in [1.165, 1.54) is 19.3 Å². The van der Waals surface area contributed by atoms with E-state index in [1.54, 1.807) is 17.8 Å². The van der Waals surface area contributed by atoms with Crippen LogP contribution < -0.4 is 4.90 Å². The topological polar surface area (TPSA) is 33.4 Å². The highest BCUT2D eigenvalue weighted by Gasteiger charge is 2.41. The Hall–Kier alpha value is -1.43. The molecule has 4 nitrogen and oxygen atoms in total. The van der Waals surface area contributed by atoms with E-state index in [1.807, 2.05) is 30.7 Å². The number of halogens is 2. The quantitative estimate of drug-likeness (QED) is 0.501. The molecule has 2 fully saturated rings. The molecule has 7 heteroatoms. The van der Waals surface area contributed by atoms with E-state index in [9.17, 15) is 0 Å². The van der Waals surface area contributed by atoms with Gasteiger partial charge in [-0.05, 0) is 42.7 Å². The molecular formula is C21H22Cl2N4S. The fraction of sp³-hybridized carbons (Fsp3) is 0.429. The number of rotatable bonds is 4. The first-order valence-electron chi connectivity index (χ1n) is 9.83. The Kier molecular flexibility index (Phi) is 4.93. The van der Waals surface area contributed by atoms with E-state index in [0.29, 0.717) is 10.0 Å². The summed E-state index contributed by atoms with van der Waals surface area (Å²) < 4.78 is 2.11. The van der Waals surface area contributed by atoms with E-state index in [-0.39, 0.29) is 0 Å². The third-order valence-corrected chi connectivity index (χ3v) is 8.22. The molecule has 3 heterocycles. The molecule has 3 aromatic rings. The highest BCUT2D eigenvalue weighted by atomic mass is 35.5. The second-order valence-corrected chi connectivity index (χ2v) is 9.74. The van der Waals surface area contributed by atoms with Crippen LogP contribution in [0.3, 0.4) is 0 Å². The second-order valence-electron chi connectivity index (χ2n) is 7.87. The molecule has 1 aliphatic heterocycles. The lowest BCUT2D eigenvalue weighted by molar-refractivity contribution is 0.487. The Bertz CT molecular complexity index is 1010. The van der Waals surface area contributed by atoms with Crippen molar-refractivity contribution in [3.05, 3.63) is 46.8 Å². The summed E-state index contributed by atoms with van der Waals surface area (Å²) in [5, 5.41) is 1.13. The largest absolute Gasteiger partial charge is 0.341 e. The molecule has 1 saturated heterocycles. The summed E-state index contributed by atoms with van der Waals surface area (Å²) in [6.07, 6.45) is 9.81. The third kappa shape index (κ3) is 3.17. The van der Waals surface area contributed by atoms with Crippen molar-refractivity contribution in [2.75, 3.05) is 18.0 Å². The van der Waals surface area contributed by atoms with Crippen LogP contribution in [0, 0.1) is 17.8 Å². The Labute approximate surface area is 179 Å². The molecule has 2 aliphatic rings. The average Bonchev–Trinajstić information content (AvgIpc) is 3.40. The minimum atomic E-state index is 0.560. The van der Waals surface area contributed by atoms with Crippen molar-refractivity contribution in [1.29, 1.82) is 0 Å². The molecule has 0 radical (unpaired) electrons. The van der Waals surface area contributed by atoms with Crippen LogP contribution in [0.5, 0.6) is 0 Å². The van der Waals surface area contributed by atoms with Crippen LogP contribution >= 0.6 is 35.0 Å². The van der Waals surface area contributed by atoms with Gasteiger partial charge in [-0.1, -0.05) is 54.4 Å². The molecule has 0 bridgehead atoms. The standard InChI is InChI=1S/C21H22Cl2N4S/c1-2-13-8-14-11-26(12-15(14)9-13)21-25-10-18(20-24-6-7-27(20)21)28-17-5-3-4-16(22)19(17)23/h3-7,10,13-15H,2,8-9,11-12H2,1H3. The maximum absolute atomic E-state index is 6.37. The van der Waals surface area contributed by atoms with Crippen molar-refractivity contribution < 1.29 is 0 Å². The van der Waals surface area contributed by atoms with Crippen LogP contribution in [0.15, 0.2) is 46.6 Å². The minimum Gasteiger partial charge on any atom is -0.341 e. The monoisotopic (exact) mass is 432 g/mol. The van der Waals surface area contributed by atoms with E-state index in [0.717, 1.165) is 52.2 Å². The summed E-state index contributed by atoms with van der Waals surface area (Å²) >= 11 is 14.1.